The molecule has 1 atom stereocenters. The molecule has 2 aromatic heterocycles. The number of fused-ring (bicyclic) bond motifs is 1. The summed E-state index contributed by atoms with van der Waals surface area (Å²) in [5.41, 5.74) is 7.52. The quantitative estimate of drug-likeness (QED) is 0.170. The van der Waals surface area contributed by atoms with E-state index in [1.54, 1.807) is 13.3 Å². The zero-order chi connectivity index (χ0) is 32.2. The van der Waals surface area contributed by atoms with Crippen LogP contribution in [0.3, 0.4) is 0 Å². The second kappa shape index (κ2) is 14.7. The van der Waals surface area contributed by atoms with E-state index in [0.29, 0.717) is 64.8 Å². The van der Waals surface area contributed by atoms with Gasteiger partial charge in [0.15, 0.2) is 0 Å². The number of halogens is 4. The van der Waals surface area contributed by atoms with E-state index in [-0.39, 0.29) is 18.6 Å². The lowest BCUT2D eigenvalue weighted by atomic mass is 9.94. The number of alkyl halides is 1. The molecule has 2 aliphatic heterocycles. The molecule has 0 bridgehead atoms. The molecule has 11 heteroatoms. The number of hydrogen-bond donors (Lipinski definition) is 2. The van der Waals surface area contributed by atoms with Crippen LogP contribution in [0, 0.1) is 0 Å². The Morgan fingerprint density at radius 1 is 1.07 bits per heavy atom. The van der Waals surface area contributed by atoms with E-state index in [0.717, 1.165) is 64.9 Å². The molecule has 0 unspecified atom stereocenters. The smallest absolute Gasteiger partial charge is 0.220 e. The van der Waals surface area contributed by atoms with Gasteiger partial charge in [0.25, 0.3) is 0 Å². The molecule has 0 saturated carbocycles. The first kappa shape index (κ1) is 32.7. The Hall–Kier alpha value is -3.27. The highest BCUT2D eigenvalue weighted by Crippen LogP contribution is 2.42. The lowest BCUT2D eigenvalue weighted by molar-refractivity contribution is -0.119. The number of pyridine rings is 2. The van der Waals surface area contributed by atoms with Crippen molar-refractivity contribution in [1.29, 1.82) is 0 Å². The Balaban J connectivity index is 1.25. The summed E-state index contributed by atoms with van der Waals surface area (Å²) >= 11 is 20.9. The van der Waals surface area contributed by atoms with Crippen molar-refractivity contribution in [2.45, 2.75) is 44.8 Å². The number of benzene rings is 2. The van der Waals surface area contributed by atoms with Gasteiger partial charge in [-0.2, -0.15) is 0 Å². The van der Waals surface area contributed by atoms with Crippen molar-refractivity contribution in [1.82, 2.24) is 25.5 Å². The number of aromatic nitrogens is 2. The number of carbonyl (C=O) groups is 1. The minimum atomic E-state index is -0.317. The molecule has 240 valence electrons. The van der Waals surface area contributed by atoms with Gasteiger partial charge in [-0.3, -0.25) is 19.1 Å². The van der Waals surface area contributed by atoms with E-state index in [9.17, 15) is 9.18 Å². The van der Waals surface area contributed by atoms with Crippen molar-refractivity contribution in [3.05, 3.63) is 86.5 Å². The van der Waals surface area contributed by atoms with Crippen molar-refractivity contribution in [3.63, 3.8) is 0 Å². The van der Waals surface area contributed by atoms with Crippen LogP contribution in [0.4, 0.5) is 4.39 Å². The molecule has 4 heterocycles. The topological polar surface area (TPSA) is 79.4 Å². The molecule has 4 aromatic rings. The van der Waals surface area contributed by atoms with Gasteiger partial charge >= 0.3 is 0 Å². The van der Waals surface area contributed by atoms with E-state index in [1.807, 2.05) is 42.5 Å². The molecule has 1 saturated heterocycles. The molecular weight excluding hydrogens is 648 g/mol. The van der Waals surface area contributed by atoms with E-state index >= 15 is 0 Å². The van der Waals surface area contributed by atoms with E-state index < -0.39 is 0 Å². The maximum atomic E-state index is 12.7. The molecular formula is C35H35Cl3FN5O2. The van der Waals surface area contributed by atoms with Gasteiger partial charge in [-0.05, 0) is 54.7 Å². The second-order valence-corrected chi connectivity index (χ2v) is 12.8. The van der Waals surface area contributed by atoms with Gasteiger partial charge in [0.1, 0.15) is 0 Å². The standard InChI is InChI=1S/C35H35Cl3FN5O2/c1-46-35-22(18-40-19-24-7-9-31(45)42-24)6-8-30(43-35)27-5-2-4-25(32(27)37)26-10-13-41-34(33(26)38)23-16-21-11-15-44(14-3-12-39)20-28(21)29(36)17-23/h2,4-6,8,10,13,16-17,24,40H,3,7,9,11-12,14-15,18-20H2,1H3,(H,42,45)/t24-/m1/s1. The lowest BCUT2D eigenvalue weighted by Gasteiger charge is -2.29. The van der Waals surface area contributed by atoms with Crippen LogP contribution in [0.5, 0.6) is 5.88 Å². The van der Waals surface area contributed by atoms with Gasteiger partial charge in [-0.1, -0.05) is 59.1 Å². The number of hydrogen-bond acceptors (Lipinski definition) is 6. The van der Waals surface area contributed by atoms with Crippen LogP contribution in [0.25, 0.3) is 33.6 Å². The molecule has 2 aromatic carbocycles. The fourth-order valence-corrected chi connectivity index (χ4v) is 7.16. The summed E-state index contributed by atoms with van der Waals surface area (Å²) in [6, 6.07) is 15.7. The molecule has 0 aliphatic carbocycles. The summed E-state index contributed by atoms with van der Waals surface area (Å²) in [6.07, 6.45) is 4.48. The third-order valence-corrected chi connectivity index (χ3v) is 9.75. The SMILES string of the molecule is COc1nc(-c2cccc(-c3ccnc(-c4cc(Cl)c5c(c4)CCN(CCCF)C5)c3Cl)c2Cl)ccc1CNC[C@H]1CCC(=O)N1. The maximum absolute atomic E-state index is 12.7. The molecule has 0 radical (unpaired) electrons. The highest BCUT2D eigenvalue weighted by atomic mass is 35.5. The summed E-state index contributed by atoms with van der Waals surface area (Å²) in [5, 5.41) is 8.00. The van der Waals surface area contributed by atoms with Crippen LogP contribution < -0.4 is 15.4 Å². The summed E-state index contributed by atoms with van der Waals surface area (Å²) in [6.45, 7) is 3.19. The fraction of sp³-hybridized carbons (Fsp3) is 0.343. The van der Waals surface area contributed by atoms with Crippen molar-refractivity contribution in [2.75, 3.05) is 33.4 Å². The van der Waals surface area contributed by atoms with Gasteiger partial charge in [-0.15, -0.1) is 0 Å². The Morgan fingerprint density at radius 3 is 2.67 bits per heavy atom. The van der Waals surface area contributed by atoms with Crippen molar-refractivity contribution in [3.8, 4) is 39.5 Å². The Bertz CT molecular complexity index is 1750. The first-order chi connectivity index (χ1) is 22.4. The number of amides is 1. The number of nitrogens with one attached hydrogen (secondary N) is 2. The van der Waals surface area contributed by atoms with Gasteiger partial charge in [0, 0.05) is 84.2 Å². The van der Waals surface area contributed by atoms with Gasteiger partial charge in [0.05, 0.1) is 35.2 Å². The molecule has 6 rings (SSSR count). The lowest BCUT2D eigenvalue weighted by Crippen LogP contribution is -2.35. The Morgan fingerprint density at radius 2 is 1.89 bits per heavy atom. The minimum Gasteiger partial charge on any atom is -0.481 e. The second-order valence-electron chi connectivity index (χ2n) is 11.7. The Kier molecular flexibility index (Phi) is 10.4. The fourth-order valence-electron chi connectivity index (χ4n) is 6.22. The zero-order valence-electron chi connectivity index (χ0n) is 25.5. The Labute approximate surface area is 283 Å². The third kappa shape index (κ3) is 7.02. The molecule has 1 fully saturated rings. The summed E-state index contributed by atoms with van der Waals surface area (Å²) in [7, 11) is 1.60. The van der Waals surface area contributed by atoms with Crippen LogP contribution in [0.1, 0.15) is 36.0 Å². The van der Waals surface area contributed by atoms with Crippen molar-refractivity contribution >= 4 is 40.7 Å². The molecule has 7 nitrogen and oxygen atoms in total. The van der Waals surface area contributed by atoms with Crippen LogP contribution in [0.2, 0.25) is 15.1 Å². The molecule has 46 heavy (non-hydrogen) atoms. The van der Waals surface area contributed by atoms with Crippen LogP contribution in [0.15, 0.2) is 54.7 Å². The number of ether oxygens (including phenoxy) is 1. The summed E-state index contributed by atoms with van der Waals surface area (Å²) in [5.74, 6) is 0.600. The minimum absolute atomic E-state index is 0.0986. The summed E-state index contributed by atoms with van der Waals surface area (Å²) < 4.78 is 18.4. The average molecular weight is 683 g/mol. The van der Waals surface area contributed by atoms with E-state index in [2.05, 4.69) is 26.6 Å². The monoisotopic (exact) mass is 681 g/mol. The number of methoxy groups -OCH3 is 1. The highest BCUT2D eigenvalue weighted by Gasteiger charge is 2.23. The van der Waals surface area contributed by atoms with Crippen LogP contribution in [-0.4, -0.2) is 60.2 Å². The zero-order valence-corrected chi connectivity index (χ0v) is 27.8. The third-order valence-electron chi connectivity index (χ3n) is 8.63. The average Bonchev–Trinajstić information content (AvgIpc) is 3.49. The predicted octanol–water partition coefficient (Wildman–Crippen LogP) is 7.53. The van der Waals surface area contributed by atoms with Gasteiger partial charge in [-0.25, -0.2) is 4.98 Å². The predicted molar refractivity (Wildman–Crippen MR) is 182 cm³/mol. The van der Waals surface area contributed by atoms with Gasteiger partial charge in [0.2, 0.25) is 11.8 Å². The van der Waals surface area contributed by atoms with Crippen molar-refractivity contribution in [2.24, 2.45) is 0 Å². The van der Waals surface area contributed by atoms with Crippen molar-refractivity contribution < 1.29 is 13.9 Å². The first-order valence-corrected chi connectivity index (χ1v) is 16.6. The number of rotatable bonds is 11. The van der Waals surface area contributed by atoms with Crippen LogP contribution >= 0.6 is 34.8 Å². The molecule has 2 N–H and O–H groups in total. The summed E-state index contributed by atoms with van der Waals surface area (Å²) in [4.78, 5) is 23.1. The molecule has 0 spiro atoms. The maximum Gasteiger partial charge on any atom is 0.220 e. The largest absolute Gasteiger partial charge is 0.481 e. The van der Waals surface area contributed by atoms with E-state index in [4.69, 9.17) is 44.5 Å². The molecule has 1 amide bonds. The normalized spacial score (nSPS) is 16.4. The van der Waals surface area contributed by atoms with E-state index in [1.165, 1.54) is 0 Å². The number of carbonyl (C=O) groups excluding carboxylic acids is 1. The highest BCUT2D eigenvalue weighted by molar-refractivity contribution is 6.39. The van der Waals surface area contributed by atoms with Crippen LogP contribution in [-0.2, 0) is 24.3 Å². The number of nitrogens with zero attached hydrogens (tertiary/aromatic N) is 3. The molecule has 2 aliphatic rings. The first-order valence-electron chi connectivity index (χ1n) is 15.4. The van der Waals surface area contributed by atoms with Gasteiger partial charge < -0.3 is 15.4 Å².